The quantitative estimate of drug-likeness (QED) is 0.358. The normalized spacial score (nSPS) is 16.5. The summed E-state index contributed by atoms with van der Waals surface area (Å²) in [7, 11) is 0. The van der Waals surface area contributed by atoms with E-state index in [4.69, 9.17) is 4.74 Å². The molecule has 1 aliphatic carbocycles. The van der Waals surface area contributed by atoms with Crippen LogP contribution in [0.2, 0.25) is 0 Å². The zero-order valence-electron chi connectivity index (χ0n) is 19.1. The van der Waals surface area contributed by atoms with E-state index in [2.05, 4.69) is 10.4 Å². The van der Waals surface area contributed by atoms with Crippen molar-refractivity contribution in [3.8, 4) is 16.9 Å². The maximum absolute atomic E-state index is 14.6. The van der Waals surface area contributed by atoms with Crippen molar-refractivity contribution < 1.29 is 18.7 Å². The molecular weight excluding hydrogens is 445 g/mol. The topological polar surface area (TPSA) is 73.2 Å². The Labute approximate surface area is 202 Å². The average molecular weight is 470 g/mol. The third kappa shape index (κ3) is 4.71. The van der Waals surface area contributed by atoms with Crippen LogP contribution in [0.1, 0.15) is 35.3 Å². The number of nitrogens with one attached hydrogen (secondary N) is 1. The number of carbonyl (C=O) groups excluding carboxylic acids is 2. The number of esters is 1. The van der Waals surface area contributed by atoms with Gasteiger partial charge in [-0.15, -0.1) is 0 Å². The van der Waals surface area contributed by atoms with Gasteiger partial charge in [0.05, 0.1) is 12.3 Å². The van der Waals surface area contributed by atoms with Gasteiger partial charge in [0.1, 0.15) is 11.5 Å². The molecule has 1 fully saturated rings. The number of ether oxygens (including phenoxy) is 1. The number of para-hydroxylation sites is 1. The zero-order valence-corrected chi connectivity index (χ0v) is 19.1. The number of hydrogen-bond donors (Lipinski definition) is 1. The molecule has 1 aliphatic rings. The van der Waals surface area contributed by atoms with Crippen LogP contribution in [0.25, 0.3) is 16.9 Å². The fourth-order valence-electron chi connectivity index (χ4n) is 4.24. The van der Waals surface area contributed by atoms with E-state index in [1.165, 1.54) is 16.3 Å². The van der Waals surface area contributed by atoms with Gasteiger partial charge in [-0.1, -0.05) is 54.6 Å². The molecule has 0 unspecified atom stereocenters. The lowest BCUT2D eigenvalue weighted by Gasteiger charge is -2.11. The monoisotopic (exact) mass is 469 g/mol. The highest BCUT2D eigenvalue weighted by Crippen LogP contribution is 2.48. The van der Waals surface area contributed by atoms with Crippen LogP contribution < -0.4 is 5.32 Å². The molecular formula is C28H24FN3O3. The lowest BCUT2D eigenvalue weighted by molar-refractivity contribution is -0.117. The summed E-state index contributed by atoms with van der Waals surface area (Å²) in [5.74, 6) is -0.938. The Bertz CT molecular complexity index is 1380. The second-order valence-electron chi connectivity index (χ2n) is 8.43. The van der Waals surface area contributed by atoms with E-state index in [0.717, 1.165) is 6.42 Å². The number of benzene rings is 3. The maximum atomic E-state index is 14.6. The molecule has 1 heterocycles. The smallest absolute Gasteiger partial charge is 0.358 e. The Balaban J connectivity index is 1.43. The summed E-state index contributed by atoms with van der Waals surface area (Å²) in [5.41, 5.74) is 3.23. The molecule has 3 aromatic carbocycles. The molecule has 1 aromatic heterocycles. The summed E-state index contributed by atoms with van der Waals surface area (Å²) in [6, 6.07) is 25.0. The average Bonchev–Trinajstić information content (AvgIpc) is 3.56. The first-order valence-corrected chi connectivity index (χ1v) is 11.5. The molecule has 35 heavy (non-hydrogen) atoms. The van der Waals surface area contributed by atoms with Crippen molar-refractivity contribution in [1.82, 2.24) is 9.78 Å². The van der Waals surface area contributed by atoms with E-state index in [-0.39, 0.29) is 35.7 Å². The van der Waals surface area contributed by atoms with Crippen LogP contribution in [-0.4, -0.2) is 28.3 Å². The van der Waals surface area contributed by atoms with Crippen LogP contribution in [0, 0.1) is 11.7 Å². The van der Waals surface area contributed by atoms with Crippen molar-refractivity contribution in [1.29, 1.82) is 0 Å². The summed E-state index contributed by atoms with van der Waals surface area (Å²) >= 11 is 0. The van der Waals surface area contributed by atoms with Crippen molar-refractivity contribution in [3.05, 3.63) is 102 Å². The van der Waals surface area contributed by atoms with E-state index >= 15 is 0 Å². The van der Waals surface area contributed by atoms with Crippen LogP contribution in [0.3, 0.4) is 0 Å². The number of nitrogens with zero attached hydrogens (tertiary/aromatic N) is 2. The fraction of sp³-hybridized carbons (Fsp3) is 0.179. The number of amides is 1. The largest absolute Gasteiger partial charge is 0.461 e. The van der Waals surface area contributed by atoms with Crippen molar-refractivity contribution in [3.63, 3.8) is 0 Å². The highest BCUT2D eigenvalue weighted by atomic mass is 19.1. The fourth-order valence-corrected chi connectivity index (χ4v) is 4.24. The molecule has 5 rings (SSSR count). The summed E-state index contributed by atoms with van der Waals surface area (Å²) in [6.07, 6.45) is 0.818. The molecule has 6 nitrogen and oxygen atoms in total. The van der Waals surface area contributed by atoms with Gasteiger partial charge in [-0.3, -0.25) is 4.79 Å². The molecule has 4 aromatic rings. The summed E-state index contributed by atoms with van der Waals surface area (Å²) < 4.78 is 21.1. The van der Waals surface area contributed by atoms with Gasteiger partial charge in [-0.2, -0.15) is 5.10 Å². The number of rotatable bonds is 7. The van der Waals surface area contributed by atoms with Gasteiger partial charge < -0.3 is 10.1 Å². The predicted molar refractivity (Wildman–Crippen MR) is 131 cm³/mol. The highest BCUT2D eigenvalue weighted by molar-refractivity contribution is 5.96. The van der Waals surface area contributed by atoms with E-state index < -0.39 is 11.8 Å². The van der Waals surface area contributed by atoms with Gasteiger partial charge in [-0.05, 0) is 55.2 Å². The number of anilines is 1. The minimum atomic E-state index is -0.589. The Morgan fingerprint density at radius 3 is 2.57 bits per heavy atom. The lowest BCUT2D eigenvalue weighted by atomic mass is 10.1. The molecule has 0 radical (unpaired) electrons. The molecule has 1 amide bonds. The Hall–Kier alpha value is -4.26. The van der Waals surface area contributed by atoms with Crippen LogP contribution in [-0.2, 0) is 9.53 Å². The predicted octanol–water partition coefficient (Wildman–Crippen LogP) is 5.60. The Morgan fingerprint density at radius 1 is 1.03 bits per heavy atom. The summed E-state index contributed by atoms with van der Waals surface area (Å²) in [5, 5.41) is 7.32. The number of hydrogen-bond acceptors (Lipinski definition) is 4. The number of halogens is 1. The van der Waals surface area contributed by atoms with Crippen molar-refractivity contribution in [2.75, 3.05) is 11.9 Å². The van der Waals surface area contributed by atoms with Crippen LogP contribution in [0.4, 0.5) is 10.1 Å². The van der Waals surface area contributed by atoms with Crippen LogP contribution in [0.5, 0.6) is 0 Å². The van der Waals surface area contributed by atoms with Crippen molar-refractivity contribution in [2.24, 2.45) is 5.92 Å². The maximum Gasteiger partial charge on any atom is 0.358 e. The summed E-state index contributed by atoms with van der Waals surface area (Å²) in [4.78, 5) is 25.2. The van der Waals surface area contributed by atoms with E-state index in [1.54, 1.807) is 49.4 Å². The third-order valence-electron chi connectivity index (χ3n) is 6.06. The molecule has 1 N–H and O–H groups in total. The molecule has 0 aliphatic heterocycles. The second kappa shape index (κ2) is 9.54. The Kier molecular flexibility index (Phi) is 6.14. The molecule has 1 saturated carbocycles. The standard InChI is InChI=1S/C28H24FN3O3/c1-2-35-28(34)24-17-26(32(31-24)25-14-7-6-13-23(25)29)19-11-8-12-20(15-19)30-27(33)22-16-21(22)18-9-4-3-5-10-18/h3-15,17,21-22H,2,16H2,1H3,(H,30,33)/t21-,22+/m0/s1. The van der Waals surface area contributed by atoms with Crippen LogP contribution >= 0.6 is 0 Å². The number of carbonyl (C=O) groups is 2. The molecule has 0 spiro atoms. The molecule has 0 bridgehead atoms. The van der Waals surface area contributed by atoms with E-state index in [9.17, 15) is 14.0 Å². The SMILES string of the molecule is CCOC(=O)c1cc(-c2cccc(NC(=O)[C@@H]3C[C@H]3c3ccccc3)c2)n(-c2ccccc2F)n1. The van der Waals surface area contributed by atoms with Crippen LogP contribution in [0.15, 0.2) is 84.9 Å². The molecule has 176 valence electrons. The molecule has 2 atom stereocenters. The van der Waals surface area contributed by atoms with Gasteiger partial charge in [0.15, 0.2) is 5.69 Å². The van der Waals surface area contributed by atoms with Crippen molar-refractivity contribution in [2.45, 2.75) is 19.3 Å². The van der Waals surface area contributed by atoms with Gasteiger partial charge in [0.2, 0.25) is 5.91 Å². The zero-order chi connectivity index (χ0) is 24.4. The molecule has 0 saturated heterocycles. The van der Waals surface area contributed by atoms with Crippen molar-refractivity contribution >= 4 is 17.6 Å². The number of aromatic nitrogens is 2. The second-order valence-corrected chi connectivity index (χ2v) is 8.43. The summed E-state index contributed by atoms with van der Waals surface area (Å²) in [6.45, 7) is 1.91. The van der Waals surface area contributed by atoms with Gasteiger partial charge in [0, 0.05) is 17.2 Å². The first kappa shape index (κ1) is 22.5. The van der Waals surface area contributed by atoms with Gasteiger partial charge in [0.25, 0.3) is 0 Å². The van der Waals surface area contributed by atoms with E-state index in [1.807, 2.05) is 36.4 Å². The minimum Gasteiger partial charge on any atom is -0.461 e. The minimum absolute atomic E-state index is 0.0363. The molecule has 7 heteroatoms. The first-order chi connectivity index (χ1) is 17.0. The van der Waals surface area contributed by atoms with Gasteiger partial charge >= 0.3 is 5.97 Å². The third-order valence-corrected chi connectivity index (χ3v) is 6.06. The Morgan fingerprint density at radius 2 is 1.80 bits per heavy atom. The lowest BCUT2D eigenvalue weighted by Crippen LogP contribution is -2.14. The first-order valence-electron chi connectivity index (χ1n) is 11.5. The van der Waals surface area contributed by atoms with E-state index in [0.29, 0.717) is 16.9 Å². The van der Waals surface area contributed by atoms with Gasteiger partial charge in [-0.25, -0.2) is 13.9 Å². The highest BCUT2D eigenvalue weighted by Gasteiger charge is 2.43.